The number of methoxy groups -OCH3 is 2. The highest BCUT2D eigenvalue weighted by Crippen LogP contribution is 2.08. The van der Waals surface area contributed by atoms with Gasteiger partial charge in [0.1, 0.15) is 13.2 Å². The molecule has 8 nitrogen and oxygen atoms in total. The molecule has 0 aliphatic carbocycles. The fourth-order valence-electron chi connectivity index (χ4n) is 1.57. The van der Waals surface area contributed by atoms with E-state index in [1.54, 1.807) is 21.1 Å². The average molecular weight is 350 g/mol. The van der Waals surface area contributed by atoms with Gasteiger partial charge in [-0.25, -0.2) is 0 Å². The van der Waals surface area contributed by atoms with E-state index in [1.165, 1.54) is 0 Å². The van der Waals surface area contributed by atoms with Crippen molar-refractivity contribution in [1.82, 2.24) is 0 Å². The first-order valence-electron chi connectivity index (χ1n) is 8.07. The normalized spacial score (nSPS) is 12.0. The lowest BCUT2D eigenvalue weighted by molar-refractivity contribution is -0.151. The molecule has 0 aliphatic rings. The van der Waals surface area contributed by atoms with Crippen LogP contribution in [0.15, 0.2) is 0 Å². The van der Waals surface area contributed by atoms with Gasteiger partial charge < -0.3 is 28.4 Å². The van der Waals surface area contributed by atoms with E-state index in [0.717, 1.165) is 0 Å². The molecule has 0 N–H and O–H groups in total. The summed E-state index contributed by atoms with van der Waals surface area (Å²) in [5.41, 5.74) is 0. The van der Waals surface area contributed by atoms with Crippen LogP contribution in [0.5, 0.6) is 0 Å². The van der Waals surface area contributed by atoms with Crippen LogP contribution in [0.3, 0.4) is 0 Å². The van der Waals surface area contributed by atoms with Gasteiger partial charge in [-0.15, -0.1) is 0 Å². The fourth-order valence-corrected chi connectivity index (χ4v) is 1.57. The summed E-state index contributed by atoms with van der Waals surface area (Å²) in [7, 11) is 3.18. The Labute approximate surface area is 143 Å². The molecular formula is C16H30O8. The van der Waals surface area contributed by atoms with E-state index in [9.17, 15) is 9.59 Å². The lowest BCUT2D eigenvalue weighted by Gasteiger charge is -2.11. The Hall–Kier alpha value is -1.22. The Kier molecular flexibility index (Phi) is 15.8. The van der Waals surface area contributed by atoms with Gasteiger partial charge >= 0.3 is 11.9 Å². The van der Waals surface area contributed by atoms with E-state index >= 15 is 0 Å². The highest BCUT2D eigenvalue weighted by molar-refractivity contribution is 5.74. The molecule has 1 atom stereocenters. The summed E-state index contributed by atoms with van der Waals surface area (Å²) in [6.45, 7) is 4.69. The molecule has 24 heavy (non-hydrogen) atoms. The van der Waals surface area contributed by atoms with Crippen molar-refractivity contribution in [2.45, 2.75) is 19.8 Å². The highest BCUT2D eigenvalue weighted by Gasteiger charge is 2.16. The third-order valence-corrected chi connectivity index (χ3v) is 3.01. The Morgan fingerprint density at radius 1 is 0.750 bits per heavy atom. The molecule has 0 saturated heterocycles. The number of rotatable bonds is 16. The number of ether oxygens (including phenoxy) is 6. The lowest BCUT2D eigenvalue weighted by Crippen LogP contribution is -2.20. The van der Waals surface area contributed by atoms with Gasteiger partial charge in [-0.1, -0.05) is 6.92 Å². The Balaban J connectivity index is 3.55. The Bertz CT molecular complexity index is 321. The molecule has 0 aromatic carbocycles. The third kappa shape index (κ3) is 14.4. The molecule has 0 amide bonds. The van der Waals surface area contributed by atoms with E-state index in [2.05, 4.69) is 0 Å². The quantitative estimate of drug-likeness (QED) is 0.298. The van der Waals surface area contributed by atoms with Crippen molar-refractivity contribution >= 4 is 11.9 Å². The van der Waals surface area contributed by atoms with Gasteiger partial charge in [-0.2, -0.15) is 0 Å². The van der Waals surface area contributed by atoms with Crippen LogP contribution in [-0.4, -0.2) is 79.0 Å². The second-order valence-corrected chi connectivity index (χ2v) is 5.04. The Morgan fingerprint density at radius 3 is 1.79 bits per heavy atom. The topological polar surface area (TPSA) is 89.5 Å². The molecule has 0 aromatic rings. The van der Waals surface area contributed by atoms with Crippen molar-refractivity contribution in [3.8, 4) is 0 Å². The maximum Gasteiger partial charge on any atom is 0.308 e. The minimum Gasteiger partial charge on any atom is -0.463 e. The molecule has 8 heteroatoms. The molecule has 0 spiro atoms. The van der Waals surface area contributed by atoms with Crippen LogP contribution in [0.4, 0.5) is 0 Å². The summed E-state index contributed by atoms with van der Waals surface area (Å²) in [5.74, 6) is -1.07. The molecule has 0 rings (SSSR count). The number of hydrogen-bond acceptors (Lipinski definition) is 8. The zero-order valence-corrected chi connectivity index (χ0v) is 14.9. The van der Waals surface area contributed by atoms with Crippen LogP contribution >= 0.6 is 0 Å². The minimum atomic E-state index is -0.366. The molecule has 0 radical (unpaired) electrons. The van der Waals surface area contributed by atoms with Crippen molar-refractivity contribution in [3.05, 3.63) is 0 Å². The van der Waals surface area contributed by atoms with Gasteiger partial charge in [0.2, 0.25) is 0 Å². The second kappa shape index (κ2) is 16.6. The average Bonchev–Trinajstić information content (AvgIpc) is 2.58. The van der Waals surface area contributed by atoms with Gasteiger partial charge in [0.15, 0.2) is 0 Å². The SMILES string of the molecule is COCCOCCOC(=O)CCC(C)C(=O)OCCOCCOC. The van der Waals surface area contributed by atoms with Crippen LogP contribution in [0.2, 0.25) is 0 Å². The van der Waals surface area contributed by atoms with Crippen molar-refractivity contribution in [2.24, 2.45) is 5.92 Å². The van der Waals surface area contributed by atoms with Crippen LogP contribution < -0.4 is 0 Å². The van der Waals surface area contributed by atoms with Gasteiger partial charge in [0.25, 0.3) is 0 Å². The zero-order valence-electron chi connectivity index (χ0n) is 14.9. The van der Waals surface area contributed by atoms with E-state index in [-0.39, 0.29) is 37.5 Å². The summed E-state index contributed by atoms with van der Waals surface area (Å²) in [4.78, 5) is 23.3. The summed E-state index contributed by atoms with van der Waals surface area (Å²) in [6, 6.07) is 0. The first kappa shape index (κ1) is 22.8. The van der Waals surface area contributed by atoms with Crippen molar-refractivity contribution in [1.29, 1.82) is 0 Å². The minimum absolute atomic E-state index is 0.165. The summed E-state index contributed by atoms with van der Waals surface area (Å²) in [5, 5.41) is 0. The molecule has 0 heterocycles. The van der Waals surface area contributed by atoms with E-state index in [0.29, 0.717) is 46.1 Å². The molecule has 0 saturated carbocycles. The predicted octanol–water partition coefficient (Wildman–Crippen LogP) is 0.815. The van der Waals surface area contributed by atoms with Crippen LogP contribution in [0, 0.1) is 5.92 Å². The molecule has 0 fully saturated rings. The van der Waals surface area contributed by atoms with Gasteiger partial charge in [0.05, 0.1) is 45.6 Å². The van der Waals surface area contributed by atoms with Crippen molar-refractivity contribution in [2.75, 3.05) is 67.1 Å². The van der Waals surface area contributed by atoms with E-state index < -0.39 is 0 Å². The lowest BCUT2D eigenvalue weighted by atomic mass is 10.1. The molecule has 142 valence electrons. The maximum atomic E-state index is 11.7. The zero-order chi connectivity index (χ0) is 18.0. The first-order chi connectivity index (χ1) is 11.6. The number of esters is 2. The summed E-state index contributed by atoms with van der Waals surface area (Å²) >= 11 is 0. The molecule has 0 aliphatic heterocycles. The Morgan fingerprint density at radius 2 is 1.25 bits per heavy atom. The van der Waals surface area contributed by atoms with Crippen molar-refractivity contribution in [3.63, 3.8) is 0 Å². The first-order valence-corrected chi connectivity index (χ1v) is 8.07. The molecular weight excluding hydrogens is 320 g/mol. The highest BCUT2D eigenvalue weighted by atomic mass is 16.6. The number of carbonyl (C=O) groups is 2. The maximum absolute atomic E-state index is 11.7. The van der Waals surface area contributed by atoms with Gasteiger partial charge in [-0.05, 0) is 6.42 Å². The molecule has 0 aromatic heterocycles. The van der Waals surface area contributed by atoms with Crippen LogP contribution in [-0.2, 0) is 38.0 Å². The molecule has 1 unspecified atom stereocenters. The molecule has 0 bridgehead atoms. The summed E-state index contributed by atoms with van der Waals surface area (Å²) < 4.78 is 30.1. The third-order valence-electron chi connectivity index (χ3n) is 3.01. The summed E-state index contributed by atoms with van der Waals surface area (Å²) in [6.07, 6.45) is 0.547. The van der Waals surface area contributed by atoms with Crippen molar-refractivity contribution < 1.29 is 38.0 Å². The smallest absolute Gasteiger partial charge is 0.308 e. The second-order valence-electron chi connectivity index (χ2n) is 5.04. The van der Waals surface area contributed by atoms with Crippen LogP contribution in [0.25, 0.3) is 0 Å². The monoisotopic (exact) mass is 350 g/mol. The van der Waals surface area contributed by atoms with Crippen LogP contribution in [0.1, 0.15) is 19.8 Å². The number of carbonyl (C=O) groups excluding carboxylic acids is 2. The fraction of sp³-hybridized carbons (Fsp3) is 0.875. The largest absolute Gasteiger partial charge is 0.463 e. The number of hydrogen-bond donors (Lipinski definition) is 0. The van der Waals surface area contributed by atoms with E-state index in [1.807, 2.05) is 0 Å². The predicted molar refractivity (Wildman–Crippen MR) is 85.7 cm³/mol. The van der Waals surface area contributed by atoms with E-state index in [4.69, 9.17) is 28.4 Å². The van der Waals surface area contributed by atoms with Gasteiger partial charge in [0, 0.05) is 20.6 Å². The standard InChI is InChI=1S/C16H30O8/c1-14(16(18)24-13-11-22-9-7-20-3)4-5-15(17)23-12-10-21-8-6-19-2/h14H,4-13H2,1-3H3. The van der Waals surface area contributed by atoms with Gasteiger partial charge in [-0.3, -0.25) is 9.59 Å².